The number of carbonyl (C=O) groups is 1. The Labute approximate surface area is 152 Å². The number of thiocarbonyl (C=S) groups is 1. The van der Waals surface area contributed by atoms with Gasteiger partial charge in [-0.15, -0.1) is 0 Å². The van der Waals surface area contributed by atoms with Crippen molar-refractivity contribution in [2.75, 3.05) is 39.3 Å². The molecule has 0 unspecified atom stereocenters. The normalized spacial score (nSPS) is 21.0. The van der Waals surface area contributed by atoms with Crippen molar-refractivity contribution in [2.24, 2.45) is 0 Å². The van der Waals surface area contributed by atoms with E-state index in [9.17, 15) is 4.79 Å². The molecule has 0 spiro atoms. The molecular formula is C17H22ClN3O2S. The summed E-state index contributed by atoms with van der Waals surface area (Å²) in [6, 6.07) is 7.18. The molecule has 24 heavy (non-hydrogen) atoms. The highest BCUT2D eigenvalue weighted by Gasteiger charge is 2.25. The van der Waals surface area contributed by atoms with E-state index in [0.29, 0.717) is 23.7 Å². The van der Waals surface area contributed by atoms with Crippen LogP contribution in [-0.4, -0.2) is 66.3 Å². The molecule has 1 aromatic rings. The summed E-state index contributed by atoms with van der Waals surface area (Å²) in [5, 5.41) is 4.53. The quantitative estimate of drug-likeness (QED) is 0.829. The van der Waals surface area contributed by atoms with Gasteiger partial charge in [-0.2, -0.15) is 0 Å². The molecule has 0 aromatic heterocycles. The third-order valence-corrected chi connectivity index (χ3v) is 5.20. The first-order valence-electron chi connectivity index (χ1n) is 8.33. The standard InChI is InChI=1S/C17H22ClN3O2S/c18-15-6-2-1-5-14(15)16(22)20-7-9-21(10-8-20)17(24)19-12-13-4-3-11-23-13/h1-2,5-6,13H,3-4,7-12H2,(H,19,24)/t13-/m0/s1. The summed E-state index contributed by atoms with van der Waals surface area (Å²) in [5.41, 5.74) is 0.562. The number of benzene rings is 1. The number of nitrogens with one attached hydrogen (secondary N) is 1. The van der Waals surface area contributed by atoms with Crippen molar-refractivity contribution in [3.8, 4) is 0 Å². The van der Waals surface area contributed by atoms with E-state index in [1.165, 1.54) is 0 Å². The summed E-state index contributed by atoms with van der Waals surface area (Å²) in [6.45, 7) is 4.36. The van der Waals surface area contributed by atoms with Gasteiger partial charge in [-0.1, -0.05) is 23.7 Å². The number of hydrogen-bond donors (Lipinski definition) is 1. The molecule has 0 bridgehead atoms. The lowest BCUT2D eigenvalue weighted by molar-refractivity contribution is 0.0690. The van der Waals surface area contributed by atoms with Gasteiger partial charge in [-0.3, -0.25) is 4.79 Å². The average Bonchev–Trinajstić information content (AvgIpc) is 3.13. The molecule has 1 aromatic carbocycles. The van der Waals surface area contributed by atoms with Gasteiger partial charge in [-0.25, -0.2) is 0 Å². The number of piperazine rings is 1. The lowest BCUT2D eigenvalue weighted by Gasteiger charge is -2.36. The molecule has 1 atom stereocenters. The molecule has 1 N–H and O–H groups in total. The van der Waals surface area contributed by atoms with Crippen LogP contribution in [0.3, 0.4) is 0 Å². The third-order valence-electron chi connectivity index (χ3n) is 4.46. The first kappa shape index (κ1) is 17.5. The summed E-state index contributed by atoms with van der Waals surface area (Å²) in [5.74, 6) is -0.0153. The summed E-state index contributed by atoms with van der Waals surface area (Å²) in [6.07, 6.45) is 2.49. The molecule has 3 rings (SSSR count). The molecule has 0 aliphatic carbocycles. The van der Waals surface area contributed by atoms with Gasteiger partial charge in [0.25, 0.3) is 5.91 Å². The SMILES string of the molecule is O=C(c1ccccc1Cl)N1CCN(C(=S)NC[C@@H]2CCCO2)CC1. The first-order chi connectivity index (χ1) is 11.6. The predicted molar refractivity (Wildman–Crippen MR) is 98.5 cm³/mol. The molecule has 2 aliphatic rings. The predicted octanol–water partition coefficient (Wildman–Crippen LogP) is 2.15. The molecule has 7 heteroatoms. The minimum Gasteiger partial charge on any atom is -0.376 e. The molecule has 130 valence electrons. The van der Waals surface area contributed by atoms with Gasteiger partial charge >= 0.3 is 0 Å². The highest BCUT2D eigenvalue weighted by atomic mass is 35.5. The summed E-state index contributed by atoms with van der Waals surface area (Å²) in [7, 11) is 0. The number of ether oxygens (including phenoxy) is 1. The van der Waals surface area contributed by atoms with E-state index in [-0.39, 0.29) is 12.0 Å². The molecule has 2 fully saturated rings. The number of carbonyl (C=O) groups excluding carboxylic acids is 1. The van der Waals surface area contributed by atoms with E-state index in [4.69, 9.17) is 28.6 Å². The van der Waals surface area contributed by atoms with E-state index >= 15 is 0 Å². The van der Waals surface area contributed by atoms with Gasteiger partial charge < -0.3 is 19.9 Å². The number of amides is 1. The van der Waals surface area contributed by atoms with Gasteiger partial charge in [0.1, 0.15) is 0 Å². The maximum atomic E-state index is 12.6. The lowest BCUT2D eigenvalue weighted by Crippen LogP contribution is -2.53. The zero-order chi connectivity index (χ0) is 16.9. The fourth-order valence-corrected chi connectivity index (χ4v) is 3.52. The monoisotopic (exact) mass is 367 g/mol. The number of hydrogen-bond acceptors (Lipinski definition) is 3. The van der Waals surface area contributed by atoms with E-state index in [0.717, 1.165) is 44.2 Å². The lowest BCUT2D eigenvalue weighted by atomic mass is 10.2. The van der Waals surface area contributed by atoms with Gasteiger partial charge in [0, 0.05) is 39.3 Å². The number of rotatable bonds is 3. The van der Waals surface area contributed by atoms with Crippen LogP contribution < -0.4 is 5.32 Å². The van der Waals surface area contributed by atoms with Crippen molar-refractivity contribution in [1.82, 2.24) is 15.1 Å². The summed E-state index contributed by atoms with van der Waals surface area (Å²) < 4.78 is 5.59. The van der Waals surface area contributed by atoms with E-state index < -0.39 is 0 Å². The Kier molecular flexibility index (Phi) is 5.92. The Bertz CT molecular complexity index is 599. The molecule has 5 nitrogen and oxygen atoms in total. The number of halogens is 1. The smallest absolute Gasteiger partial charge is 0.255 e. The van der Waals surface area contributed by atoms with E-state index in [1.54, 1.807) is 12.1 Å². The van der Waals surface area contributed by atoms with Crippen molar-refractivity contribution in [3.05, 3.63) is 34.9 Å². The zero-order valence-electron chi connectivity index (χ0n) is 13.5. The van der Waals surface area contributed by atoms with Crippen LogP contribution in [0.15, 0.2) is 24.3 Å². The largest absolute Gasteiger partial charge is 0.376 e. The summed E-state index contributed by atoms with van der Waals surface area (Å²) in [4.78, 5) is 16.5. The van der Waals surface area contributed by atoms with Crippen LogP contribution in [0.2, 0.25) is 5.02 Å². The zero-order valence-corrected chi connectivity index (χ0v) is 15.1. The highest BCUT2D eigenvalue weighted by molar-refractivity contribution is 7.80. The van der Waals surface area contributed by atoms with Gasteiger partial charge in [0.15, 0.2) is 5.11 Å². The van der Waals surface area contributed by atoms with Crippen LogP contribution in [-0.2, 0) is 4.74 Å². The Morgan fingerprint density at radius 1 is 1.25 bits per heavy atom. The fraction of sp³-hybridized carbons (Fsp3) is 0.529. The highest BCUT2D eigenvalue weighted by Crippen LogP contribution is 2.18. The maximum Gasteiger partial charge on any atom is 0.255 e. The van der Waals surface area contributed by atoms with Crippen LogP contribution in [0, 0.1) is 0 Å². The van der Waals surface area contributed by atoms with Crippen LogP contribution in [0.4, 0.5) is 0 Å². The van der Waals surface area contributed by atoms with E-state index in [2.05, 4.69) is 10.2 Å². The third kappa shape index (κ3) is 4.18. The second kappa shape index (κ2) is 8.14. The van der Waals surface area contributed by atoms with Crippen LogP contribution >= 0.6 is 23.8 Å². The molecule has 2 saturated heterocycles. The van der Waals surface area contributed by atoms with Crippen molar-refractivity contribution < 1.29 is 9.53 Å². The average molecular weight is 368 g/mol. The van der Waals surface area contributed by atoms with Crippen molar-refractivity contribution in [3.63, 3.8) is 0 Å². The Morgan fingerprint density at radius 3 is 2.62 bits per heavy atom. The van der Waals surface area contributed by atoms with E-state index in [1.807, 2.05) is 17.0 Å². The Hall–Kier alpha value is -1.37. The van der Waals surface area contributed by atoms with Crippen LogP contribution in [0.25, 0.3) is 0 Å². The maximum absolute atomic E-state index is 12.6. The first-order valence-corrected chi connectivity index (χ1v) is 9.12. The molecular weight excluding hydrogens is 346 g/mol. The van der Waals surface area contributed by atoms with Crippen LogP contribution in [0.5, 0.6) is 0 Å². The van der Waals surface area contributed by atoms with Crippen LogP contribution in [0.1, 0.15) is 23.2 Å². The second-order valence-electron chi connectivity index (χ2n) is 6.08. The second-order valence-corrected chi connectivity index (χ2v) is 6.87. The molecule has 2 heterocycles. The van der Waals surface area contributed by atoms with Crippen molar-refractivity contribution in [2.45, 2.75) is 18.9 Å². The topological polar surface area (TPSA) is 44.8 Å². The number of nitrogens with zero attached hydrogens (tertiary/aromatic N) is 2. The van der Waals surface area contributed by atoms with Gasteiger partial charge in [0.05, 0.1) is 16.7 Å². The van der Waals surface area contributed by atoms with Gasteiger partial charge in [-0.05, 0) is 37.2 Å². The Balaban J connectivity index is 1.47. The molecule has 0 radical (unpaired) electrons. The molecule has 1 amide bonds. The fourth-order valence-electron chi connectivity index (χ4n) is 3.04. The Morgan fingerprint density at radius 2 is 1.96 bits per heavy atom. The van der Waals surface area contributed by atoms with Crippen molar-refractivity contribution in [1.29, 1.82) is 0 Å². The minimum atomic E-state index is -0.0153. The minimum absolute atomic E-state index is 0.0153. The van der Waals surface area contributed by atoms with Gasteiger partial charge in [0.2, 0.25) is 0 Å². The summed E-state index contributed by atoms with van der Waals surface area (Å²) >= 11 is 11.6. The molecule has 0 saturated carbocycles. The molecule has 2 aliphatic heterocycles. The van der Waals surface area contributed by atoms with Crippen molar-refractivity contribution >= 4 is 34.8 Å².